The predicted molar refractivity (Wildman–Crippen MR) is 58.9 cm³/mol. The van der Waals surface area contributed by atoms with Gasteiger partial charge in [0.1, 0.15) is 0 Å². The second kappa shape index (κ2) is 4.49. The van der Waals surface area contributed by atoms with Gasteiger partial charge in [-0.05, 0) is 25.7 Å². The summed E-state index contributed by atoms with van der Waals surface area (Å²) in [6.45, 7) is 2.27. The Bertz CT molecular complexity index is 238. The monoisotopic (exact) mass is 211 g/mol. The van der Waals surface area contributed by atoms with Crippen LogP contribution in [0.15, 0.2) is 0 Å². The zero-order valence-corrected chi connectivity index (χ0v) is 9.48. The van der Waals surface area contributed by atoms with E-state index in [1.165, 1.54) is 19.3 Å². The fraction of sp³-hybridized carbons (Fsp3) is 0.909. The summed E-state index contributed by atoms with van der Waals surface area (Å²) in [4.78, 5) is 11.2. The van der Waals surface area contributed by atoms with Crippen molar-refractivity contribution in [1.82, 2.24) is 10.0 Å². The molecule has 2 rings (SSSR count). The first-order valence-electron chi connectivity index (χ1n) is 5.97. The summed E-state index contributed by atoms with van der Waals surface area (Å²) in [5.74, 6) is -0.0490. The third-order valence-corrected chi connectivity index (χ3v) is 3.86. The lowest BCUT2D eigenvalue weighted by Gasteiger charge is -2.47. The highest BCUT2D eigenvalue weighted by Gasteiger charge is 2.39. The molecule has 2 N–H and O–H groups in total. The molecular formula is C11H21N3O. The van der Waals surface area contributed by atoms with E-state index in [9.17, 15) is 4.79 Å². The number of nitrogens with zero attached hydrogens (tertiary/aromatic N) is 2. The van der Waals surface area contributed by atoms with Gasteiger partial charge in [-0.15, -0.1) is 0 Å². The number of amides is 1. The van der Waals surface area contributed by atoms with Gasteiger partial charge in [0, 0.05) is 26.2 Å². The zero-order chi connectivity index (χ0) is 10.8. The molecule has 1 saturated heterocycles. The summed E-state index contributed by atoms with van der Waals surface area (Å²) in [5.41, 5.74) is 5.37. The van der Waals surface area contributed by atoms with E-state index in [0.29, 0.717) is 6.04 Å². The van der Waals surface area contributed by atoms with Gasteiger partial charge < -0.3 is 5.73 Å². The van der Waals surface area contributed by atoms with Crippen molar-refractivity contribution in [3.63, 3.8) is 0 Å². The van der Waals surface area contributed by atoms with Crippen molar-refractivity contribution in [2.45, 2.75) is 38.1 Å². The molecule has 15 heavy (non-hydrogen) atoms. The number of piperidine rings is 1. The maximum absolute atomic E-state index is 11.2. The molecule has 0 aromatic rings. The topological polar surface area (TPSA) is 49.6 Å². The fourth-order valence-corrected chi connectivity index (χ4v) is 2.66. The summed E-state index contributed by atoms with van der Waals surface area (Å²) in [5, 5.41) is 4.64. The molecule has 1 heterocycles. The highest BCUT2D eigenvalue weighted by Crippen LogP contribution is 2.32. The highest BCUT2D eigenvalue weighted by atomic mass is 16.1. The SMILES string of the molecule is CN(C1CCC1C(N)=O)N1CCCCC1. The van der Waals surface area contributed by atoms with Crippen molar-refractivity contribution >= 4 is 5.91 Å². The van der Waals surface area contributed by atoms with Crippen LogP contribution in [-0.4, -0.2) is 42.1 Å². The summed E-state index contributed by atoms with van der Waals surface area (Å²) < 4.78 is 0. The van der Waals surface area contributed by atoms with Crippen LogP contribution in [0, 0.1) is 5.92 Å². The van der Waals surface area contributed by atoms with Crippen molar-refractivity contribution in [2.75, 3.05) is 20.1 Å². The molecule has 2 unspecified atom stereocenters. The normalized spacial score (nSPS) is 32.7. The zero-order valence-electron chi connectivity index (χ0n) is 9.48. The maximum atomic E-state index is 11.2. The molecule has 1 amide bonds. The van der Waals surface area contributed by atoms with Gasteiger partial charge in [-0.2, -0.15) is 0 Å². The molecule has 4 nitrogen and oxygen atoms in total. The molecule has 0 spiro atoms. The van der Waals surface area contributed by atoms with Gasteiger partial charge in [-0.1, -0.05) is 6.42 Å². The van der Waals surface area contributed by atoms with Crippen LogP contribution < -0.4 is 5.73 Å². The summed E-state index contributed by atoms with van der Waals surface area (Å²) in [6, 6.07) is 0.362. The van der Waals surface area contributed by atoms with E-state index in [0.717, 1.165) is 25.9 Å². The molecule has 2 fully saturated rings. The number of primary amides is 1. The number of hydrogen-bond acceptors (Lipinski definition) is 3. The Morgan fingerprint density at radius 2 is 1.93 bits per heavy atom. The van der Waals surface area contributed by atoms with Crippen molar-refractivity contribution in [1.29, 1.82) is 0 Å². The first-order valence-corrected chi connectivity index (χ1v) is 5.97. The van der Waals surface area contributed by atoms with Gasteiger partial charge in [0.15, 0.2) is 0 Å². The molecule has 2 atom stereocenters. The van der Waals surface area contributed by atoms with Crippen LogP contribution in [0.2, 0.25) is 0 Å². The molecule has 2 aliphatic rings. The predicted octanol–water partition coefficient (Wildman–Crippen LogP) is 0.583. The van der Waals surface area contributed by atoms with Crippen LogP contribution in [0.4, 0.5) is 0 Å². The number of carbonyl (C=O) groups is 1. The molecule has 0 bridgehead atoms. The molecule has 1 aliphatic carbocycles. The minimum atomic E-state index is -0.130. The lowest BCUT2D eigenvalue weighted by molar-refractivity contribution is -0.138. The average molecular weight is 211 g/mol. The Balaban J connectivity index is 1.89. The summed E-state index contributed by atoms with van der Waals surface area (Å²) in [7, 11) is 2.10. The average Bonchev–Trinajstić information content (AvgIpc) is 2.16. The van der Waals surface area contributed by atoms with E-state index in [1.807, 2.05) is 0 Å². The maximum Gasteiger partial charge on any atom is 0.222 e. The van der Waals surface area contributed by atoms with Gasteiger partial charge in [0.25, 0.3) is 0 Å². The third kappa shape index (κ3) is 2.16. The van der Waals surface area contributed by atoms with Crippen LogP contribution in [0.25, 0.3) is 0 Å². The van der Waals surface area contributed by atoms with Gasteiger partial charge in [0.05, 0.1) is 5.92 Å². The summed E-state index contributed by atoms with van der Waals surface area (Å²) in [6.07, 6.45) is 5.98. The molecule has 0 aromatic heterocycles. The van der Waals surface area contributed by atoms with Crippen LogP contribution in [0.5, 0.6) is 0 Å². The van der Waals surface area contributed by atoms with Crippen molar-refractivity contribution in [2.24, 2.45) is 11.7 Å². The largest absolute Gasteiger partial charge is 0.369 e. The van der Waals surface area contributed by atoms with Crippen LogP contribution >= 0.6 is 0 Å². The fourth-order valence-electron chi connectivity index (χ4n) is 2.66. The van der Waals surface area contributed by atoms with Crippen LogP contribution in [-0.2, 0) is 4.79 Å². The first kappa shape index (κ1) is 10.9. The van der Waals surface area contributed by atoms with E-state index >= 15 is 0 Å². The smallest absolute Gasteiger partial charge is 0.222 e. The number of rotatable bonds is 3. The lowest BCUT2D eigenvalue weighted by Crippen LogP contribution is -2.57. The van der Waals surface area contributed by atoms with Crippen LogP contribution in [0.1, 0.15) is 32.1 Å². The first-order chi connectivity index (χ1) is 7.20. The number of nitrogens with two attached hydrogens (primary N) is 1. The number of hydrazine groups is 1. The highest BCUT2D eigenvalue weighted by molar-refractivity contribution is 5.78. The quantitative estimate of drug-likeness (QED) is 0.743. The molecule has 1 saturated carbocycles. The molecule has 4 heteroatoms. The van der Waals surface area contributed by atoms with Crippen molar-refractivity contribution < 1.29 is 4.79 Å². The Labute approximate surface area is 91.4 Å². The van der Waals surface area contributed by atoms with E-state index in [2.05, 4.69) is 17.1 Å². The van der Waals surface area contributed by atoms with E-state index in [-0.39, 0.29) is 11.8 Å². The molecule has 1 aliphatic heterocycles. The number of carbonyl (C=O) groups excluding carboxylic acids is 1. The van der Waals surface area contributed by atoms with Crippen molar-refractivity contribution in [3.05, 3.63) is 0 Å². The lowest BCUT2D eigenvalue weighted by atomic mass is 9.78. The summed E-state index contributed by atoms with van der Waals surface area (Å²) >= 11 is 0. The van der Waals surface area contributed by atoms with E-state index in [4.69, 9.17) is 5.73 Å². The van der Waals surface area contributed by atoms with Gasteiger partial charge in [-0.25, -0.2) is 10.0 Å². The third-order valence-electron chi connectivity index (χ3n) is 3.86. The van der Waals surface area contributed by atoms with Crippen LogP contribution in [0.3, 0.4) is 0 Å². The number of hydrogen-bond donors (Lipinski definition) is 1. The van der Waals surface area contributed by atoms with Crippen molar-refractivity contribution in [3.8, 4) is 0 Å². The standard InChI is InChI=1S/C11H21N3O/c1-13(14-7-3-2-4-8-14)10-6-5-9(10)11(12)15/h9-10H,2-8H2,1H3,(H2,12,15). The Morgan fingerprint density at radius 3 is 2.40 bits per heavy atom. The Hall–Kier alpha value is -0.610. The van der Waals surface area contributed by atoms with Gasteiger partial charge in [-0.3, -0.25) is 4.79 Å². The minimum Gasteiger partial charge on any atom is -0.369 e. The van der Waals surface area contributed by atoms with Gasteiger partial charge in [0.2, 0.25) is 5.91 Å². The van der Waals surface area contributed by atoms with Gasteiger partial charge >= 0.3 is 0 Å². The molecular weight excluding hydrogens is 190 g/mol. The molecule has 0 aromatic carbocycles. The second-order valence-corrected chi connectivity index (χ2v) is 4.74. The Morgan fingerprint density at radius 1 is 1.27 bits per heavy atom. The second-order valence-electron chi connectivity index (χ2n) is 4.74. The molecule has 86 valence electrons. The Kier molecular flexibility index (Phi) is 3.26. The minimum absolute atomic E-state index is 0.0805. The van der Waals surface area contributed by atoms with E-state index < -0.39 is 0 Å². The van der Waals surface area contributed by atoms with E-state index in [1.54, 1.807) is 0 Å². The molecule has 0 radical (unpaired) electrons.